The van der Waals surface area contributed by atoms with Gasteiger partial charge in [-0.25, -0.2) is 4.98 Å². The van der Waals surface area contributed by atoms with Crippen molar-refractivity contribution in [2.75, 3.05) is 6.61 Å². The van der Waals surface area contributed by atoms with Crippen LogP contribution in [0.4, 0.5) is 0 Å². The molecule has 2 heterocycles. The Bertz CT molecular complexity index is 638. The van der Waals surface area contributed by atoms with E-state index in [9.17, 15) is 0 Å². The van der Waals surface area contributed by atoms with E-state index in [1.165, 1.54) is 0 Å². The van der Waals surface area contributed by atoms with Gasteiger partial charge < -0.3 is 9.14 Å². The first kappa shape index (κ1) is 11.8. The molecule has 0 atom stereocenters. The molecule has 0 N–H and O–H groups in total. The number of imidazole rings is 1. The van der Waals surface area contributed by atoms with E-state index in [0.29, 0.717) is 0 Å². The van der Waals surface area contributed by atoms with Crippen LogP contribution in [0.25, 0.3) is 16.9 Å². The highest BCUT2D eigenvalue weighted by molar-refractivity contribution is 5.63. The number of nitrogens with zero attached hydrogens (tertiary/aromatic N) is 2. The second-order valence-electron chi connectivity index (χ2n) is 4.47. The number of aromatic nitrogens is 2. The number of ether oxygens (including phenoxy) is 1. The molecular weight excluding hydrogens is 236 g/mol. The van der Waals surface area contributed by atoms with Gasteiger partial charge >= 0.3 is 0 Å². The van der Waals surface area contributed by atoms with Gasteiger partial charge in [0, 0.05) is 18.0 Å². The van der Waals surface area contributed by atoms with Crippen molar-refractivity contribution in [3.8, 4) is 17.0 Å². The van der Waals surface area contributed by atoms with Crippen LogP contribution in [0, 0.1) is 0 Å². The molecule has 3 aromatic rings. The summed E-state index contributed by atoms with van der Waals surface area (Å²) in [4.78, 5) is 4.60. The maximum Gasteiger partial charge on any atom is 0.137 e. The Kier molecular flexibility index (Phi) is 3.19. The molecule has 0 radical (unpaired) electrons. The van der Waals surface area contributed by atoms with Crippen LogP contribution in [0.15, 0.2) is 54.9 Å². The molecule has 0 spiro atoms. The number of hydrogen-bond acceptors (Lipinski definition) is 2. The van der Waals surface area contributed by atoms with Gasteiger partial charge in [-0.05, 0) is 42.8 Å². The van der Waals surface area contributed by atoms with Crippen LogP contribution in [0.5, 0.6) is 5.75 Å². The van der Waals surface area contributed by atoms with Gasteiger partial charge in [0.2, 0.25) is 0 Å². The zero-order valence-electron chi connectivity index (χ0n) is 10.9. The average Bonchev–Trinajstić information content (AvgIpc) is 2.89. The van der Waals surface area contributed by atoms with E-state index in [2.05, 4.69) is 11.9 Å². The lowest BCUT2D eigenvalue weighted by Gasteiger charge is -2.04. The third kappa shape index (κ3) is 2.45. The van der Waals surface area contributed by atoms with Gasteiger partial charge in [0.05, 0.1) is 12.3 Å². The van der Waals surface area contributed by atoms with Crippen molar-refractivity contribution >= 4 is 5.65 Å². The fraction of sp³-hybridized carbons (Fsp3) is 0.188. The van der Waals surface area contributed by atoms with Crippen LogP contribution < -0.4 is 4.74 Å². The SMILES string of the molecule is CCCOc1ccc(-c2cn3ccccc3n2)cc1. The lowest BCUT2D eigenvalue weighted by Crippen LogP contribution is -1.94. The molecule has 19 heavy (non-hydrogen) atoms. The zero-order valence-corrected chi connectivity index (χ0v) is 10.9. The summed E-state index contributed by atoms with van der Waals surface area (Å²) in [5, 5.41) is 0. The lowest BCUT2D eigenvalue weighted by atomic mass is 10.2. The van der Waals surface area contributed by atoms with Crippen molar-refractivity contribution in [2.24, 2.45) is 0 Å². The molecule has 0 bridgehead atoms. The number of pyridine rings is 1. The molecule has 2 aromatic heterocycles. The number of rotatable bonds is 4. The topological polar surface area (TPSA) is 26.5 Å². The predicted molar refractivity (Wildman–Crippen MR) is 76.4 cm³/mol. The first-order valence-electron chi connectivity index (χ1n) is 6.54. The van der Waals surface area contributed by atoms with Gasteiger partial charge in [0.25, 0.3) is 0 Å². The van der Waals surface area contributed by atoms with E-state index in [4.69, 9.17) is 4.74 Å². The monoisotopic (exact) mass is 252 g/mol. The van der Waals surface area contributed by atoms with E-state index in [0.717, 1.165) is 35.7 Å². The normalized spacial score (nSPS) is 10.8. The minimum atomic E-state index is 0.758. The third-order valence-electron chi connectivity index (χ3n) is 2.99. The summed E-state index contributed by atoms with van der Waals surface area (Å²) in [6.45, 7) is 2.86. The molecule has 0 unspecified atom stereocenters. The van der Waals surface area contributed by atoms with E-state index >= 15 is 0 Å². The Labute approximate surface area is 112 Å². The van der Waals surface area contributed by atoms with E-state index in [1.54, 1.807) is 0 Å². The Balaban J connectivity index is 1.88. The van der Waals surface area contributed by atoms with Crippen molar-refractivity contribution in [3.63, 3.8) is 0 Å². The van der Waals surface area contributed by atoms with Crippen LogP contribution in [0.1, 0.15) is 13.3 Å². The molecule has 3 rings (SSSR count). The maximum absolute atomic E-state index is 5.58. The summed E-state index contributed by atoms with van der Waals surface area (Å²) in [6, 6.07) is 14.1. The predicted octanol–water partition coefficient (Wildman–Crippen LogP) is 3.79. The standard InChI is InChI=1S/C16H16N2O/c1-2-11-19-14-8-6-13(7-9-14)15-12-18-10-4-3-5-16(18)17-15/h3-10,12H,2,11H2,1H3. The number of benzene rings is 1. The molecule has 96 valence electrons. The molecule has 0 aliphatic rings. The van der Waals surface area contributed by atoms with Crippen LogP contribution in [-0.2, 0) is 0 Å². The minimum absolute atomic E-state index is 0.758. The molecule has 0 saturated heterocycles. The van der Waals surface area contributed by atoms with Gasteiger partial charge in [-0.3, -0.25) is 0 Å². The van der Waals surface area contributed by atoms with Gasteiger partial charge in [-0.1, -0.05) is 13.0 Å². The second-order valence-corrected chi connectivity index (χ2v) is 4.47. The van der Waals surface area contributed by atoms with Crippen LogP contribution in [-0.4, -0.2) is 16.0 Å². The molecule has 0 aliphatic heterocycles. The van der Waals surface area contributed by atoms with Crippen LogP contribution in [0.3, 0.4) is 0 Å². The van der Waals surface area contributed by atoms with E-state index < -0.39 is 0 Å². The number of hydrogen-bond donors (Lipinski definition) is 0. The molecule has 1 aromatic carbocycles. The van der Waals surface area contributed by atoms with Gasteiger partial charge in [-0.2, -0.15) is 0 Å². The molecule has 0 fully saturated rings. The van der Waals surface area contributed by atoms with Crippen LogP contribution >= 0.6 is 0 Å². The molecule has 3 heteroatoms. The van der Waals surface area contributed by atoms with Crippen molar-refractivity contribution < 1.29 is 4.74 Å². The highest BCUT2D eigenvalue weighted by atomic mass is 16.5. The summed E-state index contributed by atoms with van der Waals surface area (Å²) in [6.07, 6.45) is 5.07. The first-order chi connectivity index (χ1) is 9.36. The zero-order chi connectivity index (χ0) is 13.1. The largest absolute Gasteiger partial charge is 0.494 e. The third-order valence-corrected chi connectivity index (χ3v) is 2.99. The Morgan fingerprint density at radius 1 is 1.11 bits per heavy atom. The van der Waals surface area contributed by atoms with Crippen molar-refractivity contribution in [1.29, 1.82) is 0 Å². The quantitative estimate of drug-likeness (QED) is 0.706. The molecule has 0 aliphatic carbocycles. The van der Waals surface area contributed by atoms with Crippen molar-refractivity contribution in [3.05, 3.63) is 54.9 Å². The van der Waals surface area contributed by atoms with Crippen LogP contribution in [0.2, 0.25) is 0 Å². The van der Waals surface area contributed by atoms with Gasteiger partial charge in [0.1, 0.15) is 11.4 Å². The summed E-state index contributed by atoms with van der Waals surface area (Å²) in [7, 11) is 0. The smallest absolute Gasteiger partial charge is 0.137 e. The van der Waals surface area contributed by atoms with E-state index in [1.807, 2.05) is 59.3 Å². The fourth-order valence-corrected chi connectivity index (χ4v) is 2.02. The minimum Gasteiger partial charge on any atom is -0.494 e. The summed E-state index contributed by atoms with van der Waals surface area (Å²) >= 11 is 0. The van der Waals surface area contributed by atoms with Crippen molar-refractivity contribution in [2.45, 2.75) is 13.3 Å². The molecule has 3 nitrogen and oxygen atoms in total. The van der Waals surface area contributed by atoms with Gasteiger partial charge in [0.15, 0.2) is 0 Å². The highest BCUT2D eigenvalue weighted by Gasteiger charge is 2.03. The number of fused-ring (bicyclic) bond motifs is 1. The first-order valence-corrected chi connectivity index (χ1v) is 6.54. The lowest BCUT2D eigenvalue weighted by molar-refractivity contribution is 0.317. The molecule has 0 amide bonds. The van der Waals surface area contributed by atoms with Crippen molar-refractivity contribution in [1.82, 2.24) is 9.38 Å². The molecular formula is C16H16N2O. The Morgan fingerprint density at radius 3 is 2.68 bits per heavy atom. The fourth-order valence-electron chi connectivity index (χ4n) is 2.02. The Hall–Kier alpha value is -2.29. The highest BCUT2D eigenvalue weighted by Crippen LogP contribution is 2.22. The summed E-state index contributed by atoms with van der Waals surface area (Å²) in [5.74, 6) is 0.911. The maximum atomic E-state index is 5.58. The second kappa shape index (κ2) is 5.14. The Morgan fingerprint density at radius 2 is 1.95 bits per heavy atom. The summed E-state index contributed by atoms with van der Waals surface area (Å²) in [5.41, 5.74) is 3.05. The van der Waals surface area contributed by atoms with Gasteiger partial charge in [-0.15, -0.1) is 0 Å². The summed E-state index contributed by atoms with van der Waals surface area (Å²) < 4.78 is 7.60. The van der Waals surface area contributed by atoms with E-state index in [-0.39, 0.29) is 0 Å². The molecule has 0 saturated carbocycles. The average molecular weight is 252 g/mol.